The maximum Gasteiger partial charge on any atom is 0.231 e. The summed E-state index contributed by atoms with van der Waals surface area (Å²) in [6, 6.07) is 9.76. The van der Waals surface area contributed by atoms with Gasteiger partial charge in [0.15, 0.2) is 0 Å². The third kappa shape index (κ3) is 8.42. The lowest BCUT2D eigenvalue weighted by Crippen LogP contribution is -2.28. The molecule has 0 aliphatic heterocycles. The van der Waals surface area contributed by atoms with Gasteiger partial charge in [0.1, 0.15) is 0 Å². The molecule has 0 aliphatic carbocycles. The molecule has 0 radical (unpaired) electrons. The fraction of sp³-hybridized carbons (Fsp3) is 0.400. The second kappa shape index (κ2) is 11.2. The van der Waals surface area contributed by atoms with Crippen molar-refractivity contribution >= 4 is 5.91 Å². The number of likely N-dealkylation sites (N-methyl/N-ethyl adjacent to an activating group) is 1. The van der Waals surface area contributed by atoms with Crippen molar-refractivity contribution in [1.29, 1.82) is 0 Å². The molecule has 2 unspecified atom stereocenters. The van der Waals surface area contributed by atoms with E-state index in [1.807, 2.05) is 44.3 Å². The average Bonchev–Trinajstić information content (AvgIpc) is 2.47. The van der Waals surface area contributed by atoms with Crippen LogP contribution in [0.1, 0.15) is 18.6 Å². The number of carbonyl (C=O) groups is 1. The number of carbonyl (C=O) groups excluding carboxylic acids is 1. The van der Waals surface area contributed by atoms with Crippen LogP contribution in [0.3, 0.4) is 0 Å². The minimum absolute atomic E-state index is 0.0902. The first kappa shape index (κ1) is 18.3. The van der Waals surface area contributed by atoms with Crippen molar-refractivity contribution in [3.63, 3.8) is 0 Å². The Morgan fingerprint density at radius 3 is 2.50 bits per heavy atom. The minimum Gasteiger partial charge on any atom is -0.387 e. The summed E-state index contributed by atoms with van der Waals surface area (Å²) in [5.74, 6) is -0.341. The number of benzene rings is 1. The molecule has 5 heteroatoms. The van der Waals surface area contributed by atoms with Crippen molar-refractivity contribution in [2.45, 2.75) is 19.1 Å². The standard InChI is InChI=1S/C10H15NO.C5H10N2O/c1-8(11-2)10(12)9-6-4-3-5-7-9;1-2-3-7-4-5(6)8/h3-8,10-12H,1-2H3;2,7H,1,3-4H2,(H2,6,8). The van der Waals surface area contributed by atoms with Crippen molar-refractivity contribution < 1.29 is 9.90 Å². The highest BCUT2D eigenvalue weighted by molar-refractivity contribution is 5.75. The van der Waals surface area contributed by atoms with Crippen LogP contribution in [-0.4, -0.2) is 37.2 Å². The number of rotatable bonds is 7. The van der Waals surface area contributed by atoms with Crippen LogP contribution in [0.2, 0.25) is 0 Å². The number of nitrogens with two attached hydrogens (primary N) is 1. The number of aliphatic hydroxyl groups excluding tert-OH is 1. The molecule has 0 saturated heterocycles. The number of nitrogens with one attached hydrogen (secondary N) is 2. The fourth-order valence-corrected chi connectivity index (χ4v) is 1.39. The van der Waals surface area contributed by atoms with Crippen molar-refractivity contribution in [3.05, 3.63) is 48.6 Å². The Morgan fingerprint density at radius 1 is 1.45 bits per heavy atom. The normalized spacial score (nSPS) is 12.8. The van der Waals surface area contributed by atoms with Crippen LogP contribution < -0.4 is 16.4 Å². The summed E-state index contributed by atoms with van der Waals surface area (Å²) < 4.78 is 0. The number of primary amides is 1. The van der Waals surface area contributed by atoms with Crippen LogP contribution in [0.5, 0.6) is 0 Å². The summed E-state index contributed by atoms with van der Waals surface area (Å²) in [6.45, 7) is 6.26. The van der Waals surface area contributed by atoms with E-state index in [2.05, 4.69) is 17.2 Å². The number of hydrogen-bond acceptors (Lipinski definition) is 4. The molecule has 1 rings (SSSR count). The monoisotopic (exact) mass is 279 g/mol. The quantitative estimate of drug-likeness (QED) is 0.434. The molecular formula is C15H25N3O2. The molecule has 0 aliphatic rings. The molecule has 0 heterocycles. The predicted octanol–water partition coefficient (Wildman–Crippen LogP) is 0.575. The molecule has 112 valence electrons. The van der Waals surface area contributed by atoms with Gasteiger partial charge in [0, 0.05) is 12.6 Å². The maximum atomic E-state index is 10.00. The van der Waals surface area contributed by atoms with Gasteiger partial charge in [0.2, 0.25) is 5.91 Å². The lowest BCUT2D eigenvalue weighted by atomic mass is 10.0. The van der Waals surface area contributed by atoms with Gasteiger partial charge in [-0.1, -0.05) is 36.4 Å². The molecule has 0 saturated carbocycles. The topological polar surface area (TPSA) is 87.4 Å². The Hall–Kier alpha value is -1.69. The van der Waals surface area contributed by atoms with E-state index in [0.29, 0.717) is 6.54 Å². The van der Waals surface area contributed by atoms with Crippen LogP contribution >= 0.6 is 0 Å². The Morgan fingerprint density at radius 2 is 2.05 bits per heavy atom. The zero-order valence-electron chi connectivity index (χ0n) is 12.2. The first-order chi connectivity index (χ1) is 9.52. The molecule has 1 amide bonds. The highest BCUT2D eigenvalue weighted by atomic mass is 16.3. The molecule has 5 N–H and O–H groups in total. The molecule has 0 fully saturated rings. The van der Waals surface area contributed by atoms with Gasteiger partial charge in [-0.05, 0) is 19.5 Å². The molecule has 20 heavy (non-hydrogen) atoms. The Bertz CT molecular complexity index is 382. The van der Waals surface area contributed by atoms with E-state index in [0.717, 1.165) is 5.56 Å². The molecule has 1 aromatic carbocycles. The highest BCUT2D eigenvalue weighted by Gasteiger charge is 2.12. The summed E-state index contributed by atoms with van der Waals surface area (Å²) in [6.07, 6.45) is 1.25. The Balaban J connectivity index is 0.000000396. The summed E-state index contributed by atoms with van der Waals surface area (Å²) in [5.41, 5.74) is 5.76. The molecule has 5 nitrogen and oxygen atoms in total. The van der Waals surface area contributed by atoms with E-state index in [9.17, 15) is 9.90 Å². The van der Waals surface area contributed by atoms with E-state index in [4.69, 9.17) is 5.73 Å². The number of hydrogen-bond donors (Lipinski definition) is 4. The van der Waals surface area contributed by atoms with Crippen LogP contribution in [0.15, 0.2) is 43.0 Å². The van der Waals surface area contributed by atoms with E-state index in [-0.39, 0.29) is 18.5 Å². The van der Waals surface area contributed by atoms with Crippen LogP contribution in [0.25, 0.3) is 0 Å². The minimum atomic E-state index is -0.420. The zero-order chi connectivity index (χ0) is 15.4. The summed E-state index contributed by atoms with van der Waals surface area (Å²) in [7, 11) is 1.84. The molecule has 0 bridgehead atoms. The molecule has 0 spiro atoms. The maximum absolute atomic E-state index is 10.00. The molecular weight excluding hydrogens is 254 g/mol. The molecule has 0 aromatic heterocycles. The van der Waals surface area contributed by atoms with Crippen LogP contribution in [0.4, 0.5) is 0 Å². The van der Waals surface area contributed by atoms with E-state index < -0.39 is 6.10 Å². The van der Waals surface area contributed by atoms with E-state index in [1.54, 1.807) is 6.08 Å². The lowest BCUT2D eigenvalue weighted by molar-refractivity contribution is -0.117. The average molecular weight is 279 g/mol. The van der Waals surface area contributed by atoms with Gasteiger partial charge in [0.05, 0.1) is 12.6 Å². The highest BCUT2D eigenvalue weighted by Crippen LogP contribution is 2.15. The van der Waals surface area contributed by atoms with Crippen molar-refractivity contribution in [1.82, 2.24) is 10.6 Å². The van der Waals surface area contributed by atoms with Gasteiger partial charge < -0.3 is 21.5 Å². The Labute approximate surface area is 120 Å². The third-order valence-electron chi connectivity index (χ3n) is 2.66. The third-order valence-corrected chi connectivity index (χ3v) is 2.66. The van der Waals surface area contributed by atoms with Gasteiger partial charge in [0.25, 0.3) is 0 Å². The van der Waals surface area contributed by atoms with Crippen molar-refractivity contribution in [2.24, 2.45) is 5.73 Å². The van der Waals surface area contributed by atoms with Crippen molar-refractivity contribution in [2.75, 3.05) is 20.1 Å². The fourth-order valence-electron chi connectivity index (χ4n) is 1.39. The number of aliphatic hydroxyl groups is 1. The SMILES string of the molecule is C=CCNCC(N)=O.CNC(C)C(O)c1ccccc1. The summed E-state index contributed by atoms with van der Waals surface area (Å²) in [5, 5.41) is 15.5. The van der Waals surface area contributed by atoms with Gasteiger partial charge in [-0.25, -0.2) is 0 Å². The summed E-state index contributed by atoms with van der Waals surface area (Å²) >= 11 is 0. The van der Waals surface area contributed by atoms with Gasteiger partial charge >= 0.3 is 0 Å². The first-order valence-corrected chi connectivity index (χ1v) is 6.53. The van der Waals surface area contributed by atoms with Crippen molar-refractivity contribution in [3.8, 4) is 0 Å². The van der Waals surface area contributed by atoms with Gasteiger partial charge in [-0.2, -0.15) is 0 Å². The van der Waals surface area contributed by atoms with Gasteiger partial charge in [-0.3, -0.25) is 4.79 Å². The zero-order valence-corrected chi connectivity index (χ0v) is 12.2. The second-order valence-corrected chi connectivity index (χ2v) is 4.32. The summed E-state index contributed by atoms with van der Waals surface area (Å²) in [4.78, 5) is 10.00. The Kier molecular flexibility index (Phi) is 10.2. The smallest absolute Gasteiger partial charge is 0.231 e. The van der Waals surface area contributed by atoms with Gasteiger partial charge in [-0.15, -0.1) is 6.58 Å². The van der Waals surface area contributed by atoms with E-state index in [1.165, 1.54) is 0 Å². The second-order valence-electron chi connectivity index (χ2n) is 4.32. The van der Waals surface area contributed by atoms with Crippen LogP contribution in [-0.2, 0) is 4.79 Å². The first-order valence-electron chi connectivity index (χ1n) is 6.53. The predicted molar refractivity (Wildman–Crippen MR) is 82.2 cm³/mol. The molecule has 2 atom stereocenters. The largest absolute Gasteiger partial charge is 0.387 e. The van der Waals surface area contributed by atoms with E-state index >= 15 is 0 Å². The molecule has 1 aromatic rings. The van der Waals surface area contributed by atoms with Crippen LogP contribution in [0, 0.1) is 0 Å². The lowest BCUT2D eigenvalue weighted by Gasteiger charge is -2.17. The number of amides is 1.